The van der Waals surface area contributed by atoms with Gasteiger partial charge in [0.25, 0.3) is 5.91 Å². The van der Waals surface area contributed by atoms with Crippen molar-refractivity contribution in [2.75, 3.05) is 12.3 Å². The summed E-state index contributed by atoms with van der Waals surface area (Å²) in [6.07, 6.45) is 0. The number of nitrogens with one attached hydrogen (secondary N) is 1. The summed E-state index contributed by atoms with van der Waals surface area (Å²) >= 11 is 0. The van der Waals surface area contributed by atoms with E-state index < -0.39 is 0 Å². The normalized spacial score (nSPS) is 10.0. The molecule has 0 unspecified atom stereocenters. The van der Waals surface area contributed by atoms with Crippen molar-refractivity contribution in [2.24, 2.45) is 0 Å². The van der Waals surface area contributed by atoms with Gasteiger partial charge in [-0.1, -0.05) is 36.4 Å². The fourth-order valence-electron chi connectivity index (χ4n) is 1.65. The molecule has 0 spiro atoms. The van der Waals surface area contributed by atoms with E-state index in [2.05, 4.69) is 5.32 Å². The minimum atomic E-state index is -0.253. The largest absolute Gasteiger partial charge is 0.506 e. The third-order valence-corrected chi connectivity index (χ3v) is 2.73. The van der Waals surface area contributed by atoms with Crippen LogP contribution in [-0.2, 0) is 11.3 Å². The molecule has 4 N–H and O–H groups in total. The molecule has 0 aliphatic carbocycles. The van der Waals surface area contributed by atoms with Crippen LogP contribution in [0.4, 0.5) is 5.69 Å². The smallest absolute Gasteiger partial charge is 0.258 e. The number of phenols is 1. The first kappa shape index (κ1) is 13.7. The van der Waals surface area contributed by atoms with E-state index in [1.807, 2.05) is 30.3 Å². The maximum absolute atomic E-state index is 11.6. The summed E-state index contributed by atoms with van der Waals surface area (Å²) in [7, 11) is 0. The van der Waals surface area contributed by atoms with E-state index in [9.17, 15) is 9.90 Å². The maximum atomic E-state index is 11.6. The molecule has 5 heteroatoms. The van der Waals surface area contributed by atoms with Gasteiger partial charge >= 0.3 is 0 Å². The number of anilines is 1. The van der Waals surface area contributed by atoms with Crippen molar-refractivity contribution in [1.82, 2.24) is 5.32 Å². The SMILES string of the molecule is Nc1c(O)cccc1OCC(=O)NCc1ccccc1. The molecular formula is C15H16N2O3. The van der Waals surface area contributed by atoms with Crippen molar-refractivity contribution in [3.8, 4) is 11.5 Å². The minimum absolute atomic E-state index is 0.0628. The van der Waals surface area contributed by atoms with Gasteiger partial charge < -0.3 is 20.9 Å². The number of aromatic hydroxyl groups is 1. The number of ether oxygens (including phenoxy) is 1. The molecule has 0 aliphatic heterocycles. The highest BCUT2D eigenvalue weighted by atomic mass is 16.5. The van der Waals surface area contributed by atoms with Gasteiger partial charge in [-0.15, -0.1) is 0 Å². The van der Waals surface area contributed by atoms with Crippen molar-refractivity contribution < 1.29 is 14.6 Å². The van der Waals surface area contributed by atoms with Crippen molar-refractivity contribution in [3.05, 3.63) is 54.1 Å². The number of nitrogen functional groups attached to an aromatic ring is 1. The molecule has 0 saturated heterocycles. The number of hydrogen-bond acceptors (Lipinski definition) is 4. The first-order valence-electron chi connectivity index (χ1n) is 6.17. The van der Waals surface area contributed by atoms with Crippen LogP contribution in [0, 0.1) is 0 Å². The summed E-state index contributed by atoms with van der Waals surface area (Å²) in [6, 6.07) is 14.2. The summed E-state index contributed by atoms with van der Waals surface area (Å²) in [6.45, 7) is 0.291. The standard InChI is InChI=1S/C15H16N2O3/c16-15-12(18)7-4-8-13(15)20-10-14(19)17-9-11-5-2-1-3-6-11/h1-8,18H,9-10,16H2,(H,17,19). The van der Waals surface area contributed by atoms with Crippen LogP contribution in [0.25, 0.3) is 0 Å². The Morgan fingerprint density at radius 2 is 1.90 bits per heavy atom. The molecule has 0 heterocycles. The number of hydrogen-bond donors (Lipinski definition) is 3. The Morgan fingerprint density at radius 1 is 1.15 bits per heavy atom. The lowest BCUT2D eigenvalue weighted by molar-refractivity contribution is -0.123. The number of phenolic OH excluding ortho intramolecular Hbond substituents is 1. The molecular weight excluding hydrogens is 256 g/mol. The minimum Gasteiger partial charge on any atom is -0.506 e. The van der Waals surface area contributed by atoms with Crippen LogP contribution in [-0.4, -0.2) is 17.6 Å². The zero-order valence-corrected chi connectivity index (χ0v) is 10.9. The molecule has 0 aromatic heterocycles. The quantitative estimate of drug-likeness (QED) is 0.571. The van der Waals surface area contributed by atoms with Gasteiger partial charge in [-0.05, 0) is 17.7 Å². The second kappa shape index (κ2) is 6.47. The number of nitrogens with two attached hydrogens (primary N) is 1. The Labute approximate surface area is 117 Å². The first-order chi connectivity index (χ1) is 9.66. The van der Waals surface area contributed by atoms with Gasteiger partial charge in [-0.2, -0.15) is 0 Å². The lowest BCUT2D eigenvalue weighted by Gasteiger charge is -2.10. The van der Waals surface area contributed by atoms with E-state index in [0.29, 0.717) is 12.3 Å². The third kappa shape index (κ3) is 3.65. The average molecular weight is 272 g/mol. The van der Waals surface area contributed by atoms with Crippen LogP contribution >= 0.6 is 0 Å². The summed E-state index contributed by atoms with van der Waals surface area (Å²) in [5.74, 6) is -0.0244. The summed E-state index contributed by atoms with van der Waals surface area (Å²) in [4.78, 5) is 11.6. The number of para-hydroxylation sites is 1. The molecule has 2 aromatic rings. The second-order valence-electron chi connectivity index (χ2n) is 4.24. The highest BCUT2D eigenvalue weighted by Crippen LogP contribution is 2.29. The van der Waals surface area contributed by atoms with Gasteiger partial charge in [0.05, 0.1) is 0 Å². The number of carbonyl (C=O) groups is 1. The van der Waals surface area contributed by atoms with Crippen LogP contribution in [0.15, 0.2) is 48.5 Å². The lowest BCUT2D eigenvalue weighted by atomic mass is 10.2. The summed E-state index contributed by atoms with van der Waals surface area (Å²) in [5.41, 5.74) is 6.77. The molecule has 5 nitrogen and oxygen atoms in total. The highest BCUT2D eigenvalue weighted by molar-refractivity contribution is 5.77. The van der Waals surface area contributed by atoms with Gasteiger partial charge in [-0.3, -0.25) is 4.79 Å². The molecule has 0 saturated carbocycles. The molecule has 0 fully saturated rings. The molecule has 104 valence electrons. The number of rotatable bonds is 5. The monoisotopic (exact) mass is 272 g/mol. The van der Waals surface area contributed by atoms with Gasteiger partial charge in [0.1, 0.15) is 17.2 Å². The molecule has 20 heavy (non-hydrogen) atoms. The van der Waals surface area contributed by atoms with E-state index in [1.54, 1.807) is 12.1 Å². The molecule has 2 rings (SSSR count). The van der Waals surface area contributed by atoms with Crippen molar-refractivity contribution in [1.29, 1.82) is 0 Å². The van der Waals surface area contributed by atoms with Crippen LogP contribution < -0.4 is 15.8 Å². The van der Waals surface area contributed by atoms with Gasteiger partial charge in [0.15, 0.2) is 6.61 Å². The highest BCUT2D eigenvalue weighted by Gasteiger charge is 2.07. The van der Waals surface area contributed by atoms with Gasteiger partial charge in [-0.25, -0.2) is 0 Å². The number of benzene rings is 2. The van der Waals surface area contributed by atoms with Crippen LogP contribution in [0.1, 0.15) is 5.56 Å². The number of carbonyl (C=O) groups excluding carboxylic acids is 1. The van der Waals surface area contributed by atoms with Crippen LogP contribution in [0.2, 0.25) is 0 Å². The van der Waals surface area contributed by atoms with Gasteiger partial charge in [0.2, 0.25) is 0 Å². The Morgan fingerprint density at radius 3 is 2.65 bits per heavy atom. The van der Waals surface area contributed by atoms with Crippen molar-refractivity contribution in [2.45, 2.75) is 6.54 Å². The van der Waals surface area contributed by atoms with E-state index in [0.717, 1.165) is 5.56 Å². The molecule has 2 aromatic carbocycles. The first-order valence-corrected chi connectivity index (χ1v) is 6.17. The Bertz CT molecular complexity index is 585. The summed E-state index contributed by atoms with van der Waals surface area (Å²) in [5, 5.41) is 12.1. The van der Waals surface area contributed by atoms with E-state index in [4.69, 9.17) is 10.5 Å². The van der Waals surface area contributed by atoms with Crippen LogP contribution in [0.3, 0.4) is 0 Å². The average Bonchev–Trinajstić information content (AvgIpc) is 2.48. The van der Waals surface area contributed by atoms with Crippen LogP contribution in [0.5, 0.6) is 11.5 Å². The van der Waals surface area contributed by atoms with E-state index in [-0.39, 0.29) is 24.0 Å². The molecule has 0 radical (unpaired) electrons. The van der Waals surface area contributed by atoms with Gasteiger partial charge in [0, 0.05) is 6.54 Å². The Hall–Kier alpha value is -2.69. The predicted molar refractivity (Wildman–Crippen MR) is 76.3 cm³/mol. The molecule has 0 aliphatic rings. The summed E-state index contributed by atoms with van der Waals surface area (Å²) < 4.78 is 5.27. The zero-order valence-electron chi connectivity index (χ0n) is 10.9. The zero-order chi connectivity index (χ0) is 14.4. The molecule has 0 bridgehead atoms. The van der Waals surface area contributed by atoms with E-state index in [1.165, 1.54) is 6.07 Å². The Kier molecular flexibility index (Phi) is 4.44. The predicted octanol–water partition coefficient (Wildman–Crippen LogP) is 1.67. The van der Waals surface area contributed by atoms with Crippen molar-refractivity contribution >= 4 is 11.6 Å². The fraction of sp³-hybridized carbons (Fsp3) is 0.133. The number of amides is 1. The third-order valence-electron chi connectivity index (χ3n) is 2.73. The molecule has 0 atom stereocenters. The Balaban J connectivity index is 1.82. The van der Waals surface area contributed by atoms with Crippen molar-refractivity contribution in [3.63, 3.8) is 0 Å². The van der Waals surface area contributed by atoms with E-state index >= 15 is 0 Å². The maximum Gasteiger partial charge on any atom is 0.258 e. The second-order valence-corrected chi connectivity index (χ2v) is 4.24. The molecule has 1 amide bonds. The topological polar surface area (TPSA) is 84.6 Å². The fourth-order valence-corrected chi connectivity index (χ4v) is 1.65. The lowest BCUT2D eigenvalue weighted by Crippen LogP contribution is -2.28.